The fourth-order valence-corrected chi connectivity index (χ4v) is 3.26. The zero-order valence-corrected chi connectivity index (χ0v) is 18.4. The summed E-state index contributed by atoms with van der Waals surface area (Å²) in [5, 5.41) is 9.63. The molecule has 0 unspecified atom stereocenters. The van der Waals surface area contributed by atoms with Crippen molar-refractivity contribution in [2.75, 3.05) is 7.11 Å². The molecule has 3 aromatic rings. The van der Waals surface area contributed by atoms with Crippen molar-refractivity contribution in [3.05, 3.63) is 70.9 Å². The molecule has 3 rings (SSSR count). The molecule has 0 saturated heterocycles. The van der Waals surface area contributed by atoms with Crippen LogP contribution in [-0.2, 0) is 6.61 Å². The highest BCUT2D eigenvalue weighted by Gasteiger charge is 2.17. The monoisotopic (exact) mass is 421 g/mol. The lowest BCUT2D eigenvalue weighted by molar-refractivity contribution is 0.0693. The topological polar surface area (TPSA) is 77.9 Å². The Labute approximate surface area is 182 Å². The SMILES string of the molecule is COc1ccc(OC(C)C)c(-c2ccc(C(=O)O)c(COc3ccc(C)cc3C)n2)c1. The van der Waals surface area contributed by atoms with Crippen LogP contribution in [0, 0.1) is 13.8 Å². The standard InChI is InChI=1S/C25H27NO5/c1-15(2)31-24-11-7-18(29-5)13-20(24)21-9-8-19(25(27)28)22(26-21)14-30-23-10-6-16(3)12-17(23)4/h6-13,15H,14H2,1-5H3,(H,27,28). The number of carbonyl (C=O) groups is 1. The summed E-state index contributed by atoms with van der Waals surface area (Å²) < 4.78 is 17.2. The van der Waals surface area contributed by atoms with Gasteiger partial charge in [0.25, 0.3) is 0 Å². The molecular weight excluding hydrogens is 394 g/mol. The van der Waals surface area contributed by atoms with Gasteiger partial charge in [0.05, 0.1) is 30.2 Å². The number of methoxy groups -OCH3 is 1. The number of aromatic nitrogens is 1. The van der Waals surface area contributed by atoms with Gasteiger partial charge in [-0.1, -0.05) is 17.7 Å². The Morgan fingerprint density at radius 2 is 1.77 bits per heavy atom. The van der Waals surface area contributed by atoms with Gasteiger partial charge in [-0.25, -0.2) is 9.78 Å². The number of hydrogen-bond acceptors (Lipinski definition) is 5. The van der Waals surface area contributed by atoms with Gasteiger partial charge in [-0.3, -0.25) is 0 Å². The summed E-state index contributed by atoms with van der Waals surface area (Å²) in [6.07, 6.45) is -0.0299. The van der Waals surface area contributed by atoms with E-state index in [0.717, 1.165) is 16.7 Å². The molecule has 0 amide bonds. The first-order chi connectivity index (χ1) is 14.8. The van der Waals surface area contributed by atoms with Crippen LogP contribution in [0.25, 0.3) is 11.3 Å². The van der Waals surface area contributed by atoms with E-state index in [1.807, 2.05) is 64.1 Å². The highest BCUT2D eigenvalue weighted by Crippen LogP contribution is 2.34. The van der Waals surface area contributed by atoms with Gasteiger partial charge in [-0.15, -0.1) is 0 Å². The fourth-order valence-electron chi connectivity index (χ4n) is 3.26. The maximum atomic E-state index is 11.8. The van der Waals surface area contributed by atoms with Gasteiger partial charge in [0, 0.05) is 5.56 Å². The highest BCUT2D eigenvalue weighted by molar-refractivity contribution is 5.89. The first kappa shape index (κ1) is 22.2. The lowest BCUT2D eigenvalue weighted by Crippen LogP contribution is -2.10. The summed E-state index contributed by atoms with van der Waals surface area (Å²) in [6.45, 7) is 7.88. The van der Waals surface area contributed by atoms with E-state index in [1.165, 1.54) is 0 Å². The Hall–Kier alpha value is -3.54. The van der Waals surface area contributed by atoms with Crippen molar-refractivity contribution in [2.24, 2.45) is 0 Å². The minimum absolute atomic E-state index is 0.0299. The molecule has 162 valence electrons. The van der Waals surface area contributed by atoms with Crippen LogP contribution in [0.5, 0.6) is 17.2 Å². The molecule has 1 aromatic heterocycles. The third kappa shape index (κ3) is 5.34. The van der Waals surface area contributed by atoms with E-state index in [4.69, 9.17) is 14.2 Å². The number of ether oxygens (including phenoxy) is 3. The van der Waals surface area contributed by atoms with Crippen LogP contribution in [0.1, 0.15) is 41.0 Å². The number of aromatic carboxylic acids is 1. The third-order valence-electron chi connectivity index (χ3n) is 4.72. The summed E-state index contributed by atoms with van der Waals surface area (Å²) in [6, 6.07) is 14.5. The van der Waals surface area contributed by atoms with E-state index in [1.54, 1.807) is 19.2 Å². The Morgan fingerprint density at radius 3 is 2.42 bits per heavy atom. The van der Waals surface area contributed by atoms with Crippen molar-refractivity contribution in [3.63, 3.8) is 0 Å². The molecule has 1 heterocycles. The molecular formula is C25H27NO5. The zero-order chi connectivity index (χ0) is 22.5. The highest BCUT2D eigenvalue weighted by atomic mass is 16.5. The summed E-state index contributed by atoms with van der Waals surface area (Å²) in [5.41, 5.74) is 3.85. The summed E-state index contributed by atoms with van der Waals surface area (Å²) in [7, 11) is 1.59. The van der Waals surface area contributed by atoms with E-state index < -0.39 is 5.97 Å². The second-order valence-corrected chi connectivity index (χ2v) is 7.58. The smallest absolute Gasteiger partial charge is 0.337 e. The molecule has 0 spiro atoms. The quantitative estimate of drug-likeness (QED) is 0.522. The molecule has 0 aliphatic rings. The number of carboxylic acids is 1. The van der Waals surface area contributed by atoms with Crippen molar-refractivity contribution in [1.29, 1.82) is 0 Å². The Balaban J connectivity index is 2.01. The molecule has 0 bridgehead atoms. The molecule has 2 aromatic carbocycles. The van der Waals surface area contributed by atoms with Crippen LogP contribution >= 0.6 is 0 Å². The van der Waals surface area contributed by atoms with E-state index in [-0.39, 0.29) is 18.3 Å². The molecule has 6 heteroatoms. The average Bonchev–Trinajstić information content (AvgIpc) is 2.72. The largest absolute Gasteiger partial charge is 0.497 e. The van der Waals surface area contributed by atoms with Crippen LogP contribution in [0.2, 0.25) is 0 Å². The van der Waals surface area contributed by atoms with Crippen LogP contribution in [0.15, 0.2) is 48.5 Å². The van der Waals surface area contributed by atoms with Crippen molar-refractivity contribution in [2.45, 2.75) is 40.4 Å². The molecule has 0 saturated carbocycles. The molecule has 0 atom stereocenters. The van der Waals surface area contributed by atoms with E-state index >= 15 is 0 Å². The van der Waals surface area contributed by atoms with Crippen molar-refractivity contribution in [3.8, 4) is 28.5 Å². The predicted molar refractivity (Wildman–Crippen MR) is 119 cm³/mol. The number of carboxylic acid groups (broad SMARTS) is 1. The van der Waals surface area contributed by atoms with E-state index in [0.29, 0.717) is 28.6 Å². The molecule has 6 nitrogen and oxygen atoms in total. The number of pyridine rings is 1. The molecule has 0 radical (unpaired) electrons. The maximum absolute atomic E-state index is 11.8. The minimum atomic E-state index is -1.05. The number of hydrogen-bond donors (Lipinski definition) is 1. The summed E-state index contributed by atoms with van der Waals surface area (Å²) in [4.78, 5) is 16.4. The molecule has 0 fully saturated rings. The van der Waals surface area contributed by atoms with Crippen molar-refractivity contribution in [1.82, 2.24) is 4.98 Å². The second-order valence-electron chi connectivity index (χ2n) is 7.58. The Kier molecular flexibility index (Phi) is 6.80. The minimum Gasteiger partial charge on any atom is -0.497 e. The number of benzene rings is 2. The number of aryl methyl sites for hydroxylation is 2. The van der Waals surface area contributed by atoms with Gasteiger partial charge in [-0.2, -0.15) is 0 Å². The summed E-state index contributed by atoms with van der Waals surface area (Å²) >= 11 is 0. The van der Waals surface area contributed by atoms with Crippen LogP contribution in [0.3, 0.4) is 0 Å². The summed E-state index contributed by atoms with van der Waals surface area (Å²) in [5.74, 6) is 0.942. The van der Waals surface area contributed by atoms with Gasteiger partial charge in [-0.05, 0) is 69.7 Å². The Bertz CT molecular complexity index is 1090. The van der Waals surface area contributed by atoms with Crippen molar-refractivity contribution >= 4 is 5.97 Å². The van der Waals surface area contributed by atoms with Gasteiger partial charge >= 0.3 is 5.97 Å². The molecule has 0 aliphatic carbocycles. The number of nitrogens with zero attached hydrogens (tertiary/aromatic N) is 1. The normalized spacial score (nSPS) is 10.8. The van der Waals surface area contributed by atoms with E-state index in [2.05, 4.69) is 4.98 Å². The molecule has 31 heavy (non-hydrogen) atoms. The molecule has 0 aliphatic heterocycles. The van der Waals surface area contributed by atoms with Crippen molar-refractivity contribution < 1.29 is 24.1 Å². The maximum Gasteiger partial charge on any atom is 0.337 e. The van der Waals surface area contributed by atoms with Gasteiger partial charge in [0.2, 0.25) is 0 Å². The first-order valence-electron chi connectivity index (χ1n) is 10.1. The third-order valence-corrected chi connectivity index (χ3v) is 4.72. The molecule has 1 N–H and O–H groups in total. The van der Waals surface area contributed by atoms with Crippen LogP contribution < -0.4 is 14.2 Å². The Morgan fingerprint density at radius 1 is 1.03 bits per heavy atom. The van der Waals surface area contributed by atoms with Gasteiger partial charge in [0.1, 0.15) is 23.9 Å². The first-order valence-corrected chi connectivity index (χ1v) is 10.1. The lowest BCUT2D eigenvalue weighted by atomic mass is 10.1. The van der Waals surface area contributed by atoms with Gasteiger partial charge < -0.3 is 19.3 Å². The van der Waals surface area contributed by atoms with E-state index in [9.17, 15) is 9.90 Å². The van der Waals surface area contributed by atoms with Gasteiger partial charge in [0.15, 0.2) is 0 Å². The fraction of sp³-hybridized carbons (Fsp3) is 0.280. The van der Waals surface area contributed by atoms with Crippen LogP contribution in [-0.4, -0.2) is 29.3 Å². The average molecular weight is 421 g/mol. The van der Waals surface area contributed by atoms with Crippen LogP contribution in [0.4, 0.5) is 0 Å². The predicted octanol–water partition coefficient (Wildman–Crippen LogP) is 5.44. The second kappa shape index (κ2) is 9.51. The lowest BCUT2D eigenvalue weighted by Gasteiger charge is -2.16. The number of rotatable bonds is 8. The zero-order valence-electron chi connectivity index (χ0n) is 18.4.